The Kier molecular flexibility index (Phi) is 8.80. The largest absolute Gasteiger partial charge is 0.324 e. The Labute approximate surface area is 300 Å². The molecule has 2 fully saturated rings. The van der Waals surface area contributed by atoms with Gasteiger partial charge in [0, 0.05) is 47.7 Å². The van der Waals surface area contributed by atoms with Crippen molar-refractivity contribution in [2.75, 3.05) is 24.6 Å². The first-order chi connectivity index (χ1) is 24.4. The molecule has 0 radical (unpaired) electrons. The van der Waals surface area contributed by atoms with Crippen LogP contribution in [0.3, 0.4) is 0 Å². The van der Waals surface area contributed by atoms with E-state index in [9.17, 15) is 9.59 Å². The third-order valence-electron chi connectivity index (χ3n) is 9.23. The molecule has 0 aliphatic carbocycles. The fourth-order valence-electron chi connectivity index (χ4n) is 6.56. The Morgan fingerprint density at radius 3 is 1.32 bits per heavy atom. The molecule has 8 nitrogen and oxygen atoms in total. The van der Waals surface area contributed by atoms with Gasteiger partial charge in [0.05, 0.1) is 34.3 Å². The van der Waals surface area contributed by atoms with Gasteiger partial charge in [0.15, 0.2) is 0 Å². The predicted octanol–water partition coefficient (Wildman–Crippen LogP) is 7.86. The van der Waals surface area contributed by atoms with E-state index in [1.54, 1.807) is 23.5 Å². The number of aryl methyl sites for hydroxylation is 2. The average molecular weight is 697 g/mol. The zero-order valence-electron chi connectivity index (χ0n) is 27.8. The van der Waals surface area contributed by atoms with E-state index in [1.165, 1.54) is 11.1 Å². The molecule has 0 saturated carbocycles. The number of hydrogen-bond acceptors (Lipinski definition) is 6. The topological polar surface area (TPSA) is 76.3 Å². The van der Waals surface area contributed by atoms with E-state index in [0.29, 0.717) is 24.6 Å². The molecule has 10 heteroatoms. The number of carbonyl (C=O) groups is 2. The molecule has 0 bridgehead atoms. The average Bonchev–Trinajstić information content (AvgIpc) is 3.94. The standard InChI is InChI=1S/C40H36N6O2S2/c1-27-13-17-29(18-14-27)37-33(23-45(41-37)31-9-5-3-6-10-31)39-43(35(47)25-49-39)21-22-44-36(48)26-50-40(44)34-24-46(32-11-7-4-8-12-32)42-38(34)30-19-15-28(2)16-20-30/h3-20,23-24,39-40H,21-22,25-26H2,1-2H3. The van der Waals surface area contributed by atoms with Gasteiger partial charge in [-0.15, -0.1) is 23.5 Å². The van der Waals surface area contributed by atoms with Crippen LogP contribution >= 0.6 is 23.5 Å². The fraction of sp³-hybridized carbons (Fsp3) is 0.200. The maximum Gasteiger partial charge on any atom is 0.233 e. The Morgan fingerprint density at radius 2 is 0.940 bits per heavy atom. The van der Waals surface area contributed by atoms with Crippen molar-refractivity contribution in [3.05, 3.63) is 144 Å². The summed E-state index contributed by atoms with van der Waals surface area (Å²) >= 11 is 3.23. The van der Waals surface area contributed by atoms with Crippen LogP contribution in [0.2, 0.25) is 0 Å². The van der Waals surface area contributed by atoms with Crippen LogP contribution < -0.4 is 0 Å². The number of para-hydroxylation sites is 2. The van der Waals surface area contributed by atoms with Gasteiger partial charge in [-0.2, -0.15) is 10.2 Å². The normalized spacial score (nSPS) is 17.6. The quantitative estimate of drug-likeness (QED) is 0.153. The SMILES string of the molecule is Cc1ccc(-c2nn(-c3ccccc3)cc2C2SCC(=O)N2CCN2C(=O)CSC2c2cn(-c3ccccc3)nc2-c2ccc(C)cc2)cc1. The highest BCUT2D eigenvalue weighted by Gasteiger charge is 2.39. The molecule has 0 N–H and O–H groups in total. The Balaban J connectivity index is 1.11. The molecule has 250 valence electrons. The second-order valence-corrected chi connectivity index (χ2v) is 14.8. The van der Waals surface area contributed by atoms with Gasteiger partial charge >= 0.3 is 0 Å². The van der Waals surface area contributed by atoms with Crippen molar-refractivity contribution in [3.63, 3.8) is 0 Å². The van der Waals surface area contributed by atoms with E-state index < -0.39 is 0 Å². The van der Waals surface area contributed by atoms with Crippen LogP contribution in [0.15, 0.2) is 122 Å². The molecule has 4 heterocycles. The van der Waals surface area contributed by atoms with Crippen LogP contribution in [0.1, 0.15) is 33.0 Å². The zero-order chi connectivity index (χ0) is 34.2. The molecular formula is C40H36N6O2S2. The molecule has 8 rings (SSSR count). The Bertz CT molecular complexity index is 1990. The van der Waals surface area contributed by atoms with Crippen LogP contribution in [0.4, 0.5) is 0 Å². The third kappa shape index (κ3) is 6.25. The molecule has 6 aromatic rings. The molecule has 2 aliphatic rings. The Morgan fingerprint density at radius 1 is 0.560 bits per heavy atom. The van der Waals surface area contributed by atoms with Crippen LogP contribution in [0.25, 0.3) is 33.9 Å². The zero-order valence-corrected chi connectivity index (χ0v) is 29.5. The van der Waals surface area contributed by atoms with E-state index in [0.717, 1.165) is 45.0 Å². The molecule has 50 heavy (non-hydrogen) atoms. The minimum absolute atomic E-state index is 0.0652. The van der Waals surface area contributed by atoms with Crippen molar-refractivity contribution in [2.24, 2.45) is 0 Å². The molecule has 2 aliphatic heterocycles. The molecular weight excluding hydrogens is 661 g/mol. The highest BCUT2D eigenvalue weighted by Crippen LogP contribution is 2.45. The molecule has 4 aromatic carbocycles. The first-order valence-electron chi connectivity index (χ1n) is 16.7. The van der Waals surface area contributed by atoms with Crippen molar-refractivity contribution < 1.29 is 9.59 Å². The van der Waals surface area contributed by atoms with Crippen LogP contribution in [-0.2, 0) is 9.59 Å². The first kappa shape index (κ1) is 32.2. The summed E-state index contributed by atoms with van der Waals surface area (Å²) in [4.78, 5) is 30.9. The van der Waals surface area contributed by atoms with E-state index in [2.05, 4.69) is 74.8 Å². The van der Waals surface area contributed by atoms with E-state index in [1.807, 2.05) is 79.8 Å². The number of aromatic nitrogens is 4. The number of carbonyl (C=O) groups excluding carboxylic acids is 2. The molecule has 2 saturated heterocycles. The third-order valence-corrected chi connectivity index (χ3v) is 11.7. The van der Waals surface area contributed by atoms with Gasteiger partial charge in [-0.1, -0.05) is 96.1 Å². The highest BCUT2D eigenvalue weighted by atomic mass is 32.2. The second kappa shape index (κ2) is 13.7. The smallest absolute Gasteiger partial charge is 0.233 e. The highest BCUT2D eigenvalue weighted by molar-refractivity contribution is 8.00. The van der Waals surface area contributed by atoms with E-state index >= 15 is 0 Å². The van der Waals surface area contributed by atoms with Gasteiger partial charge in [0.1, 0.15) is 10.7 Å². The van der Waals surface area contributed by atoms with Gasteiger partial charge in [-0.3, -0.25) is 9.59 Å². The van der Waals surface area contributed by atoms with Gasteiger partial charge in [0.25, 0.3) is 0 Å². The summed E-state index contributed by atoms with van der Waals surface area (Å²) in [5, 5.41) is 9.63. The lowest BCUT2D eigenvalue weighted by molar-refractivity contribution is -0.132. The van der Waals surface area contributed by atoms with Crippen LogP contribution in [0, 0.1) is 13.8 Å². The Hall–Kier alpha value is -5.06. The monoisotopic (exact) mass is 696 g/mol. The first-order valence-corrected chi connectivity index (χ1v) is 18.8. The molecule has 2 unspecified atom stereocenters. The van der Waals surface area contributed by atoms with Gasteiger partial charge < -0.3 is 9.80 Å². The van der Waals surface area contributed by atoms with Gasteiger partial charge in [-0.25, -0.2) is 9.36 Å². The minimum Gasteiger partial charge on any atom is -0.324 e. The van der Waals surface area contributed by atoms with Crippen molar-refractivity contribution in [1.29, 1.82) is 0 Å². The van der Waals surface area contributed by atoms with Crippen LogP contribution in [-0.4, -0.2) is 65.8 Å². The lowest BCUT2D eigenvalue weighted by Gasteiger charge is -2.29. The molecule has 2 aromatic heterocycles. The number of amides is 2. The summed E-state index contributed by atoms with van der Waals surface area (Å²) in [6, 6.07) is 36.8. The molecule has 0 spiro atoms. The van der Waals surface area contributed by atoms with Gasteiger partial charge in [-0.05, 0) is 38.1 Å². The maximum absolute atomic E-state index is 13.5. The molecule has 2 amide bonds. The fourth-order valence-corrected chi connectivity index (χ4v) is 9.00. The molecule has 2 atom stereocenters. The summed E-state index contributed by atoms with van der Waals surface area (Å²) in [5.41, 5.74) is 9.94. The summed E-state index contributed by atoms with van der Waals surface area (Å²) in [7, 11) is 0. The number of rotatable bonds is 9. The summed E-state index contributed by atoms with van der Waals surface area (Å²) < 4.78 is 3.81. The van der Waals surface area contributed by atoms with Crippen molar-refractivity contribution in [2.45, 2.75) is 24.6 Å². The van der Waals surface area contributed by atoms with Crippen molar-refractivity contribution in [1.82, 2.24) is 29.4 Å². The second-order valence-electron chi connectivity index (χ2n) is 12.7. The number of thioether (sulfide) groups is 2. The minimum atomic E-state index is -0.232. The van der Waals surface area contributed by atoms with E-state index in [4.69, 9.17) is 10.2 Å². The maximum atomic E-state index is 13.5. The van der Waals surface area contributed by atoms with Crippen molar-refractivity contribution in [3.8, 4) is 33.9 Å². The lowest BCUT2D eigenvalue weighted by atomic mass is 10.1. The summed E-state index contributed by atoms with van der Waals surface area (Å²) in [6.07, 6.45) is 4.11. The van der Waals surface area contributed by atoms with Crippen LogP contribution in [0.5, 0.6) is 0 Å². The number of benzene rings is 4. The number of nitrogens with zero attached hydrogens (tertiary/aromatic N) is 6. The van der Waals surface area contributed by atoms with E-state index in [-0.39, 0.29) is 22.6 Å². The number of hydrogen-bond donors (Lipinski definition) is 0. The predicted molar refractivity (Wildman–Crippen MR) is 201 cm³/mol. The lowest BCUT2D eigenvalue weighted by Crippen LogP contribution is -2.39. The van der Waals surface area contributed by atoms with Crippen molar-refractivity contribution >= 4 is 35.3 Å². The van der Waals surface area contributed by atoms with Gasteiger partial charge in [0.2, 0.25) is 11.8 Å². The summed E-state index contributed by atoms with van der Waals surface area (Å²) in [5.74, 6) is 0.884. The summed E-state index contributed by atoms with van der Waals surface area (Å²) in [6.45, 7) is 4.97.